The lowest BCUT2D eigenvalue weighted by Crippen LogP contribution is -2.42. The largest absolute Gasteiger partial charge is 0.378 e. The molecule has 0 bridgehead atoms. The van der Waals surface area contributed by atoms with Gasteiger partial charge in [-0.25, -0.2) is 0 Å². The molecule has 0 aromatic heterocycles. The molecular weight excluding hydrogens is 236 g/mol. The molecule has 2 rings (SSSR count). The minimum absolute atomic E-state index is 0. The highest BCUT2D eigenvalue weighted by molar-refractivity contribution is 5.85. The summed E-state index contributed by atoms with van der Waals surface area (Å²) in [7, 11) is 2.08. The number of halogens is 1. The van der Waals surface area contributed by atoms with Crippen LogP contribution in [0.1, 0.15) is 38.5 Å². The third-order valence-electron chi connectivity index (χ3n) is 4.04. The van der Waals surface area contributed by atoms with E-state index >= 15 is 0 Å². The van der Waals surface area contributed by atoms with Crippen molar-refractivity contribution < 1.29 is 4.74 Å². The molecular formula is C13H27ClN2O. The van der Waals surface area contributed by atoms with Crippen molar-refractivity contribution in [3.8, 4) is 0 Å². The smallest absolute Gasteiger partial charge is 0.0587 e. The summed E-state index contributed by atoms with van der Waals surface area (Å²) in [5.41, 5.74) is 0. The zero-order valence-electron chi connectivity index (χ0n) is 11.0. The van der Waals surface area contributed by atoms with E-state index in [1.54, 1.807) is 0 Å². The van der Waals surface area contributed by atoms with E-state index in [1.165, 1.54) is 58.2 Å². The van der Waals surface area contributed by atoms with Gasteiger partial charge in [0.25, 0.3) is 0 Å². The Balaban J connectivity index is 0.00000144. The van der Waals surface area contributed by atoms with E-state index in [-0.39, 0.29) is 12.4 Å². The van der Waals surface area contributed by atoms with Crippen LogP contribution in [-0.2, 0) is 4.74 Å². The molecule has 2 aliphatic rings. The van der Waals surface area contributed by atoms with Crippen LogP contribution in [0.2, 0.25) is 0 Å². The first-order valence-electron chi connectivity index (χ1n) is 6.89. The Labute approximate surface area is 112 Å². The Morgan fingerprint density at radius 3 is 2.53 bits per heavy atom. The molecule has 0 aromatic carbocycles. The molecule has 0 spiro atoms. The summed E-state index contributed by atoms with van der Waals surface area (Å²) in [4.78, 5) is 2.60. The van der Waals surface area contributed by atoms with Crippen LogP contribution in [0, 0.1) is 0 Å². The van der Waals surface area contributed by atoms with Crippen molar-refractivity contribution in [1.29, 1.82) is 0 Å². The fourth-order valence-corrected chi connectivity index (χ4v) is 2.81. The lowest BCUT2D eigenvalue weighted by atomic mass is 10.0. The van der Waals surface area contributed by atoms with Gasteiger partial charge in [0, 0.05) is 19.2 Å². The van der Waals surface area contributed by atoms with Crippen LogP contribution in [-0.4, -0.2) is 50.3 Å². The molecule has 1 N–H and O–H groups in total. The van der Waals surface area contributed by atoms with E-state index in [4.69, 9.17) is 4.74 Å². The first kappa shape index (κ1) is 15.2. The molecule has 2 fully saturated rings. The summed E-state index contributed by atoms with van der Waals surface area (Å²) in [6.45, 7) is 4.75. The molecule has 3 nitrogen and oxygen atoms in total. The van der Waals surface area contributed by atoms with Gasteiger partial charge in [0.15, 0.2) is 0 Å². The van der Waals surface area contributed by atoms with Crippen molar-refractivity contribution >= 4 is 12.4 Å². The number of ether oxygens (including phenoxy) is 1. The minimum Gasteiger partial charge on any atom is -0.378 e. The number of piperidine rings is 1. The van der Waals surface area contributed by atoms with Gasteiger partial charge in [-0.2, -0.15) is 0 Å². The van der Waals surface area contributed by atoms with Crippen LogP contribution >= 0.6 is 12.4 Å². The predicted molar refractivity (Wildman–Crippen MR) is 74.0 cm³/mol. The van der Waals surface area contributed by atoms with Gasteiger partial charge in [-0.3, -0.25) is 0 Å². The second-order valence-corrected chi connectivity index (χ2v) is 5.18. The monoisotopic (exact) mass is 262 g/mol. The van der Waals surface area contributed by atoms with Gasteiger partial charge in [0.05, 0.1) is 6.10 Å². The second-order valence-electron chi connectivity index (χ2n) is 5.18. The Kier molecular flexibility index (Phi) is 7.44. The number of nitrogens with zero attached hydrogens (tertiary/aromatic N) is 1. The lowest BCUT2D eigenvalue weighted by Gasteiger charge is -2.33. The highest BCUT2D eigenvalue weighted by Crippen LogP contribution is 2.17. The maximum Gasteiger partial charge on any atom is 0.0587 e. The molecule has 0 amide bonds. The fourth-order valence-electron chi connectivity index (χ4n) is 2.81. The van der Waals surface area contributed by atoms with Crippen LogP contribution in [0.4, 0.5) is 0 Å². The van der Waals surface area contributed by atoms with Gasteiger partial charge in [-0.05, 0) is 58.7 Å². The summed E-state index contributed by atoms with van der Waals surface area (Å²) in [6, 6.07) is 0.752. The topological polar surface area (TPSA) is 24.5 Å². The summed E-state index contributed by atoms with van der Waals surface area (Å²) in [5, 5.41) is 3.38. The molecule has 0 radical (unpaired) electrons. The number of nitrogens with one attached hydrogen (secondary N) is 1. The van der Waals surface area contributed by atoms with Crippen LogP contribution in [0.25, 0.3) is 0 Å². The van der Waals surface area contributed by atoms with E-state index < -0.39 is 0 Å². The standard InChI is InChI=1S/C13H26N2O.ClH/c1-14-12-5-8-15(9-6-12)10-7-13-4-2-3-11-16-13;/h12-14H,2-11H2,1H3;1H. The third kappa shape index (κ3) is 5.12. The van der Waals surface area contributed by atoms with Gasteiger partial charge >= 0.3 is 0 Å². The number of hydrogen-bond donors (Lipinski definition) is 1. The quantitative estimate of drug-likeness (QED) is 0.839. The summed E-state index contributed by atoms with van der Waals surface area (Å²) in [5.74, 6) is 0. The van der Waals surface area contributed by atoms with Gasteiger partial charge in [-0.15, -0.1) is 12.4 Å². The molecule has 2 heterocycles. The predicted octanol–water partition coefficient (Wildman–Crippen LogP) is 2.05. The average molecular weight is 263 g/mol. The molecule has 17 heavy (non-hydrogen) atoms. The molecule has 2 aliphatic heterocycles. The molecule has 1 atom stereocenters. The van der Waals surface area contributed by atoms with Gasteiger partial charge in [-0.1, -0.05) is 0 Å². The van der Waals surface area contributed by atoms with E-state index in [0.717, 1.165) is 12.6 Å². The molecule has 2 saturated heterocycles. The van der Waals surface area contributed by atoms with E-state index in [9.17, 15) is 0 Å². The second kappa shape index (κ2) is 8.30. The van der Waals surface area contributed by atoms with Crippen molar-refractivity contribution in [3.63, 3.8) is 0 Å². The molecule has 0 aromatic rings. The molecule has 102 valence electrons. The Morgan fingerprint density at radius 1 is 1.18 bits per heavy atom. The van der Waals surface area contributed by atoms with Crippen molar-refractivity contribution in [2.24, 2.45) is 0 Å². The normalized spacial score (nSPS) is 27.7. The summed E-state index contributed by atoms with van der Waals surface area (Å²) >= 11 is 0. The number of rotatable bonds is 4. The van der Waals surface area contributed by atoms with Gasteiger partial charge in [0.2, 0.25) is 0 Å². The van der Waals surface area contributed by atoms with E-state index in [0.29, 0.717) is 6.10 Å². The average Bonchev–Trinajstić information content (AvgIpc) is 2.38. The Hall–Kier alpha value is 0.170. The van der Waals surface area contributed by atoms with Crippen LogP contribution < -0.4 is 5.32 Å². The van der Waals surface area contributed by atoms with Crippen molar-refractivity contribution in [3.05, 3.63) is 0 Å². The third-order valence-corrected chi connectivity index (χ3v) is 4.04. The van der Waals surface area contributed by atoms with Crippen LogP contribution in [0.15, 0.2) is 0 Å². The molecule has 0 saturated carbocycles. The van der Waals surface area contributed by atoms with E-state index in [1.807, 2.05) is 0 Å². The molecule has 4 heteroatoms. The maximum atomic E-state index is 5.77. The summed E-state index contributed by atoms with van der Waals surface area (Å²) in [6.07, 6.45) is 8.33. The first-order valence-corrected chi connectivity index (χ1v) is 6.89. The fraction of sp³-hybridized carbons (Fsp3) is 1.00. The van der Waals surface area contributed by atoms with Crippen LogP contribution in [0.5, 0.6) is 0 Å². The van der Waals surface area contributed by atoms with Crippen molar-refractivity contribution in [2.45, 2.75) is 50.7 Å². The van der Waals surface area contributed by atoms with Gasteiger partial charge < -0.3 is 15.0 Å². The number of likely N-dealkylation sites (tertiary alicyclic amines) is 1. The summed E-state index contributed by atoms with van der Waals surface area (Å²) < 4.78 is 5.77. The zero-order chi connectivity index (χ0) is 11.2. The Bertz CT molecular complexity index is 190. The highest BCUT2D eigenvalue weighted by Gasteiger charge is 2.19. The Morgan fingerprint density at radius 2 is 1.94 bits per heavy atom. The van der Waals surface area contributed by atoms with Crippen LogP contribution in [0.3, 0.4) is 0 Å². The SMILES string of the molecule is CNC1CCN(CCC2CCCCO2)CC1.Cl. The molecule has 1 unspecified atom stereocenters. The van der Waals surface area contributed by atoms with E-state index in [2.05, 4.69) is 17.3 Å². The lowest BCUT2D eigenvalue weighted by molar-refractivity contribution is 0.00414. The minimum atomic E-state index is 0. The number of hydrogen-bond acceptors (Lipinski definition) is 3. The van der Waals surface area contributed by atoms with Crippen molar-refractivity contribution in [1.82, 2.24) is 10.2 Å². The maximum absolute atomic E-state index is 5.77. The van der Waals surface area contributed by atoms with Gasteiger partial charge in [0.1, 0.15) is 0 Å². The zero-order valence-corrected chi connectivity index (χ0v) is 11.8. The molecule has 0 aliphatic carbocycles. The van der Waals surface area contributed by atoms with Crippen molar-refractivity contribution in [2.75, 3.05) is 33.3 Å². The first-order chi connectivity index (χ1) is 7.88. The highest BCUT2D eigenvalue weighted by atomic mass is 35.5.